The quantitative estimate of drug-likeness (QED) is 0.585. The average Bonchev–Trinajstić information content (AvgIpc) is 2.68. The van der Waals surface area contributed by atoms with Crippen LogP contribution in [0.4, 0.5) is 10.1 Å². The van der Waals surface area contributed by atoms with Crippen molar-refractivity contribution in [2.24, 2.45) is 10.2 Å². The highest BCUT2D eigenvalue weighted by Crippen LogP contribution is 2.23. The zero-order valence-corrected chi connectivity index (χ0v) is 16.4. The molecular weight excluding hydrogens is 403 g/mol. The van der Waals surface area contributed by atoms with Gasteiger partial charge in [0.2, 0.25) is 11.8 Å². The van der Waals surface area contributed by atoms with Crippen molar-refractivity contribution in [3.05, 3.63) is 64.9 Å². The van der Waals surface area contributed by atoms with Gasteiger partial charge in [-0.2, -0.15) is 5.10 Å². The first-order chi connectivity index (χ1) is 13.4. The molecule has 3 rings (SSSR count). The highest BCUT2D eigenvalue weighted by Gasteiger charge is 2.30. The Labute approximate surface area is 170 Å². The van der Waals surface area contributed by atoms with E-state index in [9.17, 15) is 14.0 Å². The lowest BCUT2D eigenvalue weighted by Crippen LogP contribution is -2.41. The van der Waals surface area contributed by atoms with Crippen molar-refractivity contribution in [3.8, 4) is 0 Å². The summed E-state index contributed by atoms with van der Waals surface area (Å²) in [5.74, 6) is -1.08. The zero-order valence-electron chi connectivity index (χ0n) is 14.8. The third kappa shape index (κ3) is 5.40. The molecule has 2 aromatic carbocycles. The largest absolute Gasteiger partial charge is 0.325 e. The zero-order chi connectivity index (χ0) is 20.1. The Bertz CT molecular complexity index is 945. The molecule has 2 amide bonds. The molecule has 2 N–H and O–H groups in total. The van der Waals surface area contributed by atoms with Gasteiger partial charge in [0.05, 0.1) is 5.71 Å². The lowest BCUT2D eigenvalue weighted by atomic mass is 10.1. The van der Waals surface area contributed by atoms with E-state index in [0.29, 0.717) is 16.4 Å². The standard InChI is InChI=1S/C19H16ClFN4O2S/c1-11(12-2-4-13(20)5-3-12)24-25-19-23-17(26)10-16(28-19)18(27)22-15-8-6-14(21)7-9-15/h2-9,16H,10H2,1H3,(H,22,27)(H,23,25,26)/b24-11+. The van der Waals surface area contributed by atoms with Gasteiger partial charge in [0.25, 0.3) is 0 Å². The highest BCUT2D eigenvalue weighted by molar-refractivity contribution is 8.15. The second-order valence-electron chi connectivity index (χ2n) is 5.95. The fraction of sp³-hybridized carbons (Fsp3) is 0.158. The van der Waals surface area contributed by atoms with Crippen LogP contribution in [0.3, 0.4) is 0 Å². The van der Waals surface area contributed by atoms with Gasteiger partial charge in [-0.1, -0.05) is 35.5 Å². The van der Waals surface area contributed by atoms with E-state index < -0.39 is 11.1 Å². The minimum atomic E-state index is -0.663. The number of hydrogen-bond acceptors (Lipinski definition) is 5. The molecule has 144 valence electrons. The number of thioether (sulfide) groups is 1. The van der Waals surface area contributed by atoms with Gasteiger partial charge in [-0.15, -0.1) is 5.10 Å². The highest BCUT2D eigenvalue weighted by atomic mass is 35.5. The minimum Gasteiger partial charge on any atom is -0.325 e. The Morgan fingerprint density at radius 2 is 1.89 bits per heavy atom. The minimum absolute atomic E-state index is 0.0105. The second-order valence-corrected chi connectivity index (χ2v) is 7.58. The molecule has 9 heteroatoms. The van der Waals surface area contributed by atoms with E-state index in [1.165, 1.54) is 24.3 Å². The lowest BCUT2D eigenvalue weighted by Gasteiger charge is -2.21. The van der Waals surface area contributed by atoms with Crippen LogP contribution < -0.4 is 10.6 Å². The molecule has 28 heavy (non-hydrogen) atoms. The third-order valence-corrected chi connectivity index (χ3v) is 5.15. The first-order valence-corrected chi connectivity index (χ1v) is 9.57. The SMILES string of the molecule is C/C(=N\N=C1/NC(=O)CC(C(=O)Nc2ccc(F)cc2)S1)c1ccc(Cl)cc1. The Kier molecular flexibility index (Phi) is 6.43. The predicted octanol–water partition coefficient (Wildman–Crippen LogP) is 3.82. The molecule has 1 atom stereocenters. The number of nitrogens with one attached hydrogen (secondary N) is 2. The molecule has 0 spiro atoms. The number of amides is 2. The molecule has 1 saturated heterocycles. The molecule has 6 nitrogen and oxygen atoms in total. The monoisotopic (exact) mass is 418 g/mol. The van der Waals surface area contributed by atoms with Crippen LogP contribution in [-0.4, -0.2) is 27.9 Å². The molecule has 1 fully saturated rings. The summed E-state index contributed by atoms with van der Waals surface area (Å²) in [6.45, 7) is 1.78. The molecule has 0 saturated carbocycles. The van der Waals surface area contributed by atoms with Gasteiger partial charge in [0, 0.05) is 17.1 Å². The fourth-order valence-corrected chi connectivity index (χ4v) is 3.42. The van der Waals surface area contributed by atoms with Crippen LogP contribution in [0, 0.1) is 5.82 Å². The maximum atomic E-state index is 13.0. The Morgan fingerprint density at radius 3 is 2.57 bits per heavy atom. The van der Waals surface area contributed by atoms with E-state index in [0.717, 1.165) is 17.3 Å². The molecule has 1 aliphatic rings. The molecule has 1 aliphatic heterocycles. The summed E-state index contributed by atoms with van der Waals surface area (Å²) in [6.07, 6.45) is 0.0105. The van der Waals surface area contributed by atoms with Gasteiger partial charge in [-0.3, -0.25) is 9.59 Å². The van der Waals surface area contributed by atoms with Gasteiger partial charge in [-0.25, -0.2) is 4.39 Å². The van der Waals surface area contributed by atoms with Crippen LogP contribution >= 0.6 is 23.4 Å². The van der Waals surface area contributed by atoms with Crippen LogP contribution in [0.15, 0.2) is 58.7 Å². The number of hydrogen-bond donors (Lipinski definition) is 2. The molecule has 2 aromatic rings. The van der Waals surface area contributed by atoms with E-state index in [4.69, 9.17) is 11.6 Å². The molecule has 0 aromatic heterocycles. The van der Waals surface area contributed by atoms with Crippen LogP contribution in [0.1, 0.15) is 18.9 Å². The third-order valence-electron chi connectivity index (χ3n) is 3.83. The van der Waals surface area contributed by atoms with Gasteiger partial charge in [-0.05, 0) is 48.9 Å². The van der Waals surface area contributed by atoms with E-state index in [1.54, 1.807) is 19.1 Å². The first kappa shape index (κ1) is 20.0. The first-order valence-electron chi connectivity index (χ1n) is 8.32. The van der Waals surface area contributed by atoms with Crippen molar-refractivity contribution in [1.29, 1.82) is 0 Å². The smallest absolute Gasteiger partial charge is 0.238 e. The summed E-state index contributed by atoms with van der Waals surface area (Å²) in [4.78, 5) is 24.4. The predicted molar refractivity (Wildman–Crippen MR) is 110 cm³/mol. The summed E-state index contributed by atoms with van der Waals surface area (Å²) in [5, 5.41) is 13.6. The number of rotatable bonds is 4. The number of carbonyl (C=O) groups excluding carboxylic acids is 2. The molecule has 1 unspecified atom stereocenters. The number of halogens is 2. The number of anilines is 1. The van der Waals surface area contributed by atoms with Gasteiger partial charge < -0.3 is 10.6 Å². The topological polar surface area (TPSA) is 82.9 Å². The van der Waals surface area contributed by atoms with Crippen molar-refractivity contribution in [2.45, 2.75) is 18.6 Å². The average molecular weight is 419 g/mol. The Morgan fingerprint density at radius 1 is 1.21 bits per heavy atom. The van der Waals surface area contributed by atoms with Crippen LogP contribution in [0.2, 0.25) is 5.02 Å². The summed E-state index contributed by atoms with van der Waals surface area (Å²) < 4.78 is 13.0. The van der Waals surface area contributed by atoms with Crippen LogP contribution in [0.5, 0.6) is 0 Å². The summed E-state index contributed by atoms with van der Waals surface area (Å²) in [6, 6.07) is 12.5. The molecular formula is C19H16ClFN4O2S. The summed E-state index contributed by atoms with van der Waals surface area (Å²) in [7, 11) is 0. The van der Waals surface area contributed by atoms with Crippen molar-refractivity contribution in [3.63, 3.8) is 0 Å². The van der Waals surface area contributed by atoms with Crippen molar-refractivity contribution in [1.82, 2.24) is 5.32 Å². The number of nitrogens with zero attached hydrogens (tertiary/aromatic N) is 2. The van der Waals surface area contributed by atoms with Crippen LogP contribution in [0.25, 0.3) is 0 Å². The molecule has 0 aliphatic carbocycles. The van der Waals surface area contributed by atoms with E-state index in [1.807, 2.05) is 12.1 Å². The van der Waals surface area contributed by atoms with Gasteiger partial charge >= 0.3 is 0 Å². The van der Waals surface area contributed by atoms with Crippen molar-refractivity contribution in [2.75, 3.05) is 5.32 Å². The van der Waals surface area contributed by atoms with E-state index in [2.05, 4.69) is 20.8 Å². The normalized spacial score (nSPS) is 18.7. The van der Waals surface area contributed by atoms with E-state index in [-0.39, 0.29) is 23.4 Å². The van der Waals surface area contributed by atoms with Gasteiger partial charge in [0.1, 0.15) is 11.1 Å². The second kappa shape index (κ2) is 8.99. The summed E-state index contributed by atoms with van der Waals surface area (Å²) in [5.41, 5.74) is 1.93. The molecule has 0 bridgehead atoms. The Balaban J connectivity index is 1.69. The maximum absolute atomic E-state index is 13.0. The van der Waals surface area contributed by atoms with Crippen molar-refractivity contribution < 1.29 is 14.0 Å². The lowest BCUT2D eigenvalue weighted by molar-refractivity contribution is -0.123. The van der Waals surface area contributed by atoms with Crippen LogP contribution in [-0.2, 0) is 9.59 Å². The van der Waals surface area contributed by atoms with Crippen molar-refractivity contribution >= 4 is 51.7 Å². The number of carbonyl (C=O) groups is 2. The maximum Gasteiger partial charge on any atom is 0.238 e. The van der Waals surface area contributed by atoms with E-state index >= 15 is 0 Å². The number of amidine groups is 1. The summed E-state index contributed by atoms with van der Waals surface area (Å²) >= 11 is 6.98. The Hall–Kier alpha value is -2.71. The van der Waals surface area contributed by atoms with Gasteiger partial charge in [0.15, 0.2) is 5.17 Å². The fourth-order valence-electron chi connectivity index (χ4n) is 2.36. The number of benzene rings is 2. The molecule has 0 radical (unpaired) electrons. The molecule has 1 heterocycles.